The van der Waals surface area contributed by atoms with E-state index < -0.39 is 62.0 Å². The highest BCUT2D eigenvalue weighted by Crippen LogP contribution is 2.34. The number of amides is 1. The number of halogens is 4. The Balaban J connectivity index is 0.895. The molecular weight excluding hydrogens is 1050 g/mol. The number of ether oxygens (including phenoxy) is 5. The second-order valence-electron chi connectivity index (χ2n) is 17.6. The lowest BCUT2D eigenvalue weighted by Gasteiger charge is -2.26. The summed E-state index contributed by atoms with van der Waals surface area (Å²) in [6, 6.07) is 13.4. The summed E-state index contributed by atoms with van der Waals surface area (Å²) in [6.07, 6.45) is 7.21. The molecule has 0 atom stereocenters. The van der Waals surface area contributed by atoms with Gasteiger partial charge in [-0.3, -0.25) is 28.5 Å². The predicted octanol–water partition coefficient (Wildman–Crippen LogP) is 5.38. The highest BCUT2D eigenvalue weighted by molar-refractivity contribution is 7.92. The summed E-state index contributed by atoms with van der Waals surface area (Å²) < 4.78 is 106. The Kier molecular flexibility index (Phi) is 15.5. The highest BCUT2D eigenvalue weighted by atomic mass is 35.5. The molecule has 8 aromatic rings. The van der Waals surface area contributed by atoms with Gasteiger partial charge in [-0.25, -0.2) is 50.4 Å². The van der Waals surface area contributed by atoms with Gasteiger partial charge in [0.2, 0.25) is 17.5 Å². The van der Waals surface area contributed by atoms with Gasteiger partial charge in [-0.05, 0) is 60.7 Å². The summed E-state index contributed by atoms with van der Waals surface area (Å²) in [5, 5.41) is 6.77. The van der Waals surface area contributed by atoms with Crippen LogP contribution >= 0.6 is 11.6 Å². The molecule has 2 fully saturated rings. The Morgan fingerprint density at radius 1 is 0.714 bits per heavy atom. The van der Waals surface area contributed by atoms with E-state index in [2.05, 4.69) is 39.9 Å². The summed E-state index contributed by atoms with van der Waals surface area (Å²) >= 11 is 6.75. The molecule has 1 amide bonds. The van der Waals surface area contributed by atoms with Gasteiger partial charge < -0.3 is 29.0 Å². The molecule has 0 radical (unpaired) electrons. The van der Waals surface area contributed by atoms with E-state index in [4.69, 9.17) is 35.3 Å². The molecule has 21 nitrogen and oxygen atoms in total. The zero-order chi connectivity index (χ0) is 53.8. The van der Waals surface area contributed by atoms with Crippen molar-refractivity contribution < 1.29 is 50.1 Å². The number of morpholine rings is 2. The Bertz CT molecular complexity index is 3780. The van der Waals surface area contributed by atoms with Gasteiger partial charge in [0.25, 0.3) is 21.5 Å². The molecule has 0 bridgehead atoms. The van der Waals surface area contributed by atoms with E-state index in [0.29, 0.717) is 80.1 Å². The zero-order valence-electron chi connectivity index (χ0n) is 41.0. The summed E-state index contributed by atoms with van der Waals surface area (Å²) in [6.45, 7) is 6.49. The molecule has 2 aliphatic rings. The molecule has 2 N–H and O–H groups in total. The van der Waals surface area contributed by atoms with Crippen LogP contribution in [0, 0.1) is 17.5 Å². The molecule has 0 saturated carbocycles. The van der Waals surface area contributed by atoms with Gasteiger partial charge in [0.15, 0.2) is 5.65 Å². The lowest BCUT2D eigenvalue weighted by molar-refractivity contribution is 0.0321. The average Bonchev–Trinajstić information content (AvgIpc) is 3.75. The van der Waals surface area contributed by atoms with E-state index in [1.807, 2.05) is 0 Å². The predicted molar refractivity (Wildman–Crippen MR) is 275 cm³/mol. The highest BCUT2D eigenvalue weighted by Gasteiger charge is 2.25. The second-order valence-corrected chi connectivity index (χ2v) is 19.7. The number of benzene rings is 2. The number of carbonyl (C=O) groups excluding carboxylic acids is 1. The Morgan fingerprint density at radius 3 is 2.08 bits per heavy atom. The Hall–Kier alpha value is -7.94. The molecule has 77 heavy (non-hydrogen) atoms. The topological polar surface area (TPSA) is 227 Å². The number of rotatable bonds is 18. The lowest BCUT2D eigenvalue weighted by Crippen LogP contribution is -2.39. The van der Waals surface area contributed by atoms with Crippen LogP contribution in [0.25, 0.3) is 33.5 Å². The van der Waals surface area contributed by atoms with Crippen LogP contribution in [0.2, 0.25) is 5.02 Å². The average molecular weight is 1100 g/mol. The molecule has 2 saturated heterocycles. The molecule has 26 heteroatoms. The fourth-order valence-electron chi connectivity index (χ4n) is 8.62. The molecule has 400 valence electrons. The van der Waals surface area contributed by atoms with Gasteiger partial charge in [-0.15, -0.1) is 5.10 Å². The summed E-state index contributed by atoms with van der Waals surface area (Å²) in [4.78, 5) is 57.5. The molecule has 2 aromatic carbocycles. The van der Waals surface area contributed by atoms with Crippen LogP contribution in [-0.4, -0.2) is 137 Å². The molecule has 0 aliphatic carbocycles. The van der Waals surface area contributed by atoms with Gasteiger partial charge in [0, 0.05) is 97.9 Å². The third-order valence-corrected chi connectivity index (χ3v) is 14.6. The first-order valence-electron chi connectivity index (χ1n) is 24.0. The summed E-state index contributed by atoms with van der Waals surface area (Å²) in [7, 11) is -3.48. The number of aromatic nitrogens is 7. The van der Waals surface area contributed by atoms with E-state index in [9.17, 15) is 31.6 Å². The van der Waals surface area contributed by atoms with Gasteiger partial charge in [-0.2, -0.15) is 0 Å². The Morgan fingerprint density at radius 2 is 1.38 bits per heavy atom. The minimum atomic E-state index is -4.82. The number of nitrogens with one attached hydrogen (secondary N) is 2. The first-order valence-corrected chi connectivity index (χ1v) is 25.9. The van der Waals surface area contributed by atoms with Crippen LogP contribution in [-0.2, 0) is 32.6 Å². The molecule has 0 spiro atoms. The SMILES string of the molecule is COc1ncc(-c2ccc3ncc(OCCN4CCOCC4)c(=O)n3c2)cc1NC(=O)c1ccc(F)c(COc2ncc(-c3ccc4nn(CCN5CCOCC5)c(=O)n4c3)cc2NS(=O)(=O)c2ccc(F)cc2F)c1Cl. The number of anilines is 2. The van der Waals surface area contributed by atoms with Gasteiger partial charge >= 0.3 is 5.69 Å². The fraction of sp³-hybridized carbons (Fsp3) is 0.275. The first kappa shape index (κ1) is 52.5. The third kappa shape index (κ3) is 11.6. The van der Waals surface area contributed by atoms with E-state index in [0.717, 1.165) is 50.4 Å². The molecule has 0 unspecified atom stereocenters. The van der Waals surface area contributed by atoms with E-state index in [1.54, 1.807) is 36.5 Å². The zero-order valence-corrected chi connectivity index (χ0v) is 42.5. The summed E-state index contributed by atoms with van der Waals surface area (Å²) in [5.41, 5.74) is 0.612. The Labute approximate surface area is 441 Å². The number of fused-ring (bicyclic) bond motifs is 2. The van der Waals surface area contributed by atoms with E-state index in [-0.39, 0.29) is 51.3 Å². The smallest absolute Gasteiger partial charge is 0.350 e. The van der Waals surface area contributed by atoms with Crippen molar-refractivity contribution in [3.05, 3.63) is 152 Å². The maximum atomic E-state index is 15.7. The van der Waals surface area contributed by atoms with Crippen LogP contribution in [0.15, 0.2) is 112 Å². The van der Waals surface area contributed by atoms with Gasteiger partial charge in [-0.1, -0.05) is 11.6 Å². The van der Waals surface area contributed by atoms with Gasteiger partial charge in [0.05, 0.1) is 56.9 Å². The standard InChI is InChI=1S/C51H47ClF3N11O10S/c1-72-48-40(22-33(25-57-48)31-2-8-44-56-27-42(50(68)64(44)28-31)75-21-16-63-14-19-74-20-15-63)59-47(67)36-5-6-38(54)37(46(36)52)30-76-49-41(61-77(70,71)43-7-4-35(53)24-39(43)55)23-34(26-58-49)32-3-9-45-60-66(51(69)65(45)29-32)11-10-62-12-17-73-18-13-62/h2-9,22-29,61H,10-21,30H2,1H3,(H,59,67). The maximum absolute atomic E-state index is 15.7. The minimum Gasteiger partial charge on any atom is -0.485 e. The molecule has 10 rings (SSSR count). The second kappa shape index (κ2) is 22.7. The number of sulfonamides is 1. The lowest BCUT2D eigenvalue weighted by atomic mass is 10.1. The van der Waals surface area contributed by atoms with Crippen molar-refractivity contribution in [1.82, 2.24) is 43.3 Å². The first-order chi connectivity index (χ1) is 37.2. The van der Waals surface area contributed by atoms with E-state index >= 15 is 4.39 Å². The van der Waals surface area contributed by atoms with Crippen LogP contribution in [0.5, 0.6) is 17.5 Å². The number of methoxy groups -OCH3 is 1. The van der Waals surface area contributed by atoms with Crippen molar-refractivity contribution in [3.8, 4) is 39.8 Å². The fourth-order valence-corrected chi connectivity index (χ4v) is 10.0. The number of hydrogen-bond donors (Lipinski definition) is 2. The van der Waals surface area contributed by atoms with Crippen molar-refractivity contribution >= 4 is 50.2 Å². The van der Waals surface area contributed by atoms with Crippen LogP contribution < -0.4 is 35.5 Å². The van der Waals surface area contributed by atoms with Crippen molar-refractivity contribution in [2.45, 2.75) is 18.0 Å². The largest absolute Gasteiger partial charge is 0.485 e. The van der Waals surface area contributed by atoms with E-state index in [1.165, 1.54) is 51.4 Å². The van der Waals surface area contributed by atoms with Crippen molar-refractivity contribution in [2.75, 3.05) is 89.5 Å². The van der Waals surface area contributed by atoms with Crippen molar-refractivity contribution in [1.29, 1.82) is 0 Å². The monoisotopic (exact) mass is 1100 g/mol. The van der Waals surface area contributed by atoms with Crippen LogP contribution in [0.3, 0.4) is 0 Å². The number of nitrogens with zero attached hydrogens (tertiary/aromatic N) is 9. The van der Waals surface area contributed by atoms with Crippen LogP contribution in [0.4, 0.5) is 24.5 Å². The minimum absolute atomic E-state index is 0.00558. The van der Waals surface area contributed by atoms with Crippen molar-refractivity contribution in [3.63, 3.8) is 0 Å². The third-order valence-electron chi connectivity index (χ3n) is 12.8. The van der Waals surface area contributed by atoms with Gasteiger partial charge in [0.1, 0.15) is 52.6 Å². The maximum Gasteiger partial charge on any atom is 0.350 e. The molecule has 6 aromatic heterocycles. The van der Waals surface area contributed by atoms with Crippen LogP contribution in [0.1, 0.15) is 15.9 Å². The quantitative estimate of drug-likeness (QED) is 0.110. The normalized spacial score (nSPS) is 14.5. The molecular formula is C51H47ClF3N11O10S. The summed E-state index contributed by atoms with van der Waals surface area (Å²) in [5.74, 6) is -4.49. The number of pyridine rings is 4. The number of carbonyl (C=O) groups is 1. The number of hydrogen-bond acceptors (Lipinski definition) is 16. The van der Waals surface area contributed by atoms with Crippen molar-refractivity contribution in [2.24, 2.45) is 0 Å². The molecule has 8 heterocycles. The molecule has 2 aliphatic heterocycles.